The van der Waals surface area contributed by atoms with Crippen LogP contribution in [0.5, 0.6) is 0 Å². The van der Waals surface area contributed by atoms with E-state index in [9.17, 15) is 0 Å². The molecule has 0 radical (unpaired) electrons. The van der Waals surface area contributed by atoms with Crippen molar-refractivity contribution in [1.82, 2.24) is 55.5 Å². The number of hydrogen-bond acceptors (Lipinski definition) is 13. The Morgan fingerprint density at radius 1 is 0.179 bits per heavy atom. The third-order valence-electron chi connectivity index (χ3n) is 19.4. The first-order valence-electron chi connectivity index (χ1n) is 34.9. The molecule has 106 heavy (non-hydrogen) atoms. The summed E-state index contributed by atoms with van der Waals surface area (Å²) >= 11 is 0. The van der Waals surface area contributed by atoms with Gasteiger partial charge in [-0.3, -0.25) is 0 Å². The van der Waals surface area contributed by atoms with Crippen molar-refractivity contribution < 1.29 is 9.26 Å². The molecule has 20 aromatic rings. The standard InChI is InChI=1S/C47H29N5O.C46H28N6O/c1-4-13-31(14-5-1)38-28-39-43(46-45(38)51-53-52-46)37-21-10-11-22-40(37)48-44(39)36-20-12-19-35(27-36)30-23-25-33(26-24-30)42-29-41(32-15-6-2-7-16-32)49-47(50-42)34-17-8-3-9-18-34;1-4-13-30(14-5-1)37-28-38-40(43-42(37)51-53-52-43)36-21-10-11-22-39(36)47-41(38)35-20-12-19-34(27-35)29-23-25-33(26-24-29)46-49-44(31-15-6-2-7-16-31)48-45(50-46)32-17-8-3-9-18-32/h1-29H;1-28H. The molecule has 0 saturated carbocycles. The molecular formula is C93H57N11O2. The molecule has 0 unspecified atom stereocenters. The SMILES string of the molecule is c1ccc(-c2cc(-c3ccc(-c4cccc(-c5nc6ccccc6c6c5cc(-c5ccccc5)c5nonc56)c4)cc3)nc(-c3ccccc3)n2)cc1.c1ccc(-c2nc(-c3ccccc3)nc(-c3ccc(-c4cccc(-c5nc6ccccc6c6c5cc(-c5ccccc5)c5nonc56)c4)cc3)n2)cc1. The maximum absolute atomic E-state index is 5.38. The second-order valence-corrected chi connectivity index (χ2v) is 25.9. The molecule has 20 rings (SSSR count). The van der Waals surface area contributed by atoms with E-state index in [1.54, 1.807) is 0 Å². The van der Waals surface area contributed by atoms with Crippen LogP contribution in [0.3, 0.4) is 0 Å². The average Bonchev–Trinajstić information content (AvgIpc) is 0.821. The Kier molecular flexibility index (Phi) is 15.9. The van der Waals surface area contributed by atoms with E-state index >= 15 is 0 Å². The molecule has 0 bridgehead atoms. The third-order valence-corrected chi connectivity index (χ3v) is 19.4. The molecule has 0 fully saturated rings. The Morgan fingerprint density at radius 3 is 0.877 bits per heavy atom. The Hall–Kier alpha value is -14.7. The summed E-state index contributed by atoms with van der Waals surface area (Å²) in [6, 6.07) is 118. The monoisotopic (exact) mass is 1360 g/mol. The minimum Gasteiger partial charge on any atom is -0.247 e. The fourth-order valence-electron chi connectivity index (χ4n) is 14.2. The van der Waals surface area contributed by atoms with E-state index in [0.29, 0.717) is 23.3 Å². The smallest absolute Gasteiger partial charge is 0.164 e. The minimum atomic E-state index is 0.618. The van der Waals surface area contributed by atoms with Gasteiger partial charge in [-0.2, -0.15) is 0 Å². The molecule has 14 aromatic carbocycles. The Labute approximate surface area is 607 Å². The van der Waals surface area contributed by atoms with Crippen LogP contribution in [0, 0.1) is 0 Å². The van der Waals surface area contributed by atoms with E-state index in [1.165, 1.54) is 0 Å². The van der Waals surface area contributed by atoms with Gasteiger partial charge >= 0.3 is 0 Å². The highest BCUT2D eigenvalue weighted by atomic mass is 16.6. The summed E-state index contributed by atoms with van der Waals surface area (Å²) < 4.78 is 10.8. The van der Waals surface area contributed by atoms with Crippen LogP contribution in [-0.4, -0.2) is 55.5 Å². The topological polar surface area (TPSA) is 168 Å². The highest BCUT2D eigenvalue weighted by Gasteiger charge is 2.24. The number of pyridine rings is 2. The Balaban J connectivity index is 0.000000145. The summed E-state index contributed by atoms with van der Waals surface area (Å²) in [6.07, 6.45) is 0. The van der Waals surface area contributed by atoms with Gasteiger partial charge in [0, 0.05) is 88.0 Å². The first-order valence-corrected chi connectivity index (χ1v) is 34.9. The molecule has 6 aromatic heterocycles. The molecule has 0 aliphatic carbocycles. The van der Waals surface area contributed by atoms with Crippen molar-refractivity contribution >= 4 is 65.4 Å². The first-order chi connectivity index (χ1) is 52.5. The molecule has 0 amide bonds. The lowest BCUT2D eigenvalue weighted by atomic mass is 9.93. The van der Waals surface area contributed by atoms with Crippen LogP contribution < -0.4 is 0 Å². The average molecular weight is 1360 g/mol. The lowest BCUT2D eigenvalue weighted by Gasteiger charge is -2.13. The molecule has 0 aliphatic rings. The van der Waals surface area contributed by atoms with Crippen molar-refractivity contribution in [3.05, 3.63) is 346 Å². The zero-order valence-corrected chi connectivity index (χ0v) is 56.6. The molecule has 0 aliphatic heterocycles. The fraction of sp³-hybridized carbons (Fsp3) is 0. The van der Waals surface area contributed by atoms with Gasteiger partial charge in [-0.25, -0.2) is 44.1 Å². The number of hydrogen-bond donors (Lipinski definition) is 0. The second kappa shape index (κ2) is 27.0. The van der Waals surface area contributed by atoms with Crippen molar-refractivity contribution in [2.45, 2.75) is 0 Å². The molecular weight excluding hydrogens is 1300 g/mol. The van der Waals surface area contributed by atoms with Crippen LogP contribution in [0.15, 0.2) is 355 Å². The van der Waals surface area contributed by atoms with Crippen molar-refractivity contribution in [1.29, 1.82) is 0 Å². The van der Waals surface area contributed by atoms with E-state index < -0.39 is 0 Å². The predicted octanol–water partition coefficient (Wildman–Crippen LogP) is 22.8. The zero-order valence-electron chi connectivity index (χ0n) is 56.6. The van der Waals surface area contributed by atoms with Crippen LogP contribution in [0.1, 0.15) is 0 Å². The van der Waals surface area contributed by atoms with E-state index in [4.69, 9.17) is 44.1 Å². The maximum atomic E-state index is 5.38. The normalized spacial score (nSPS) is 11.4. The van der Waals surface area contributed by atoms with Gasteiger partial charge in [-0.05, 0) is 96.5 Å². The zero-order chi connectivity index (χ0) is 70.3. The molecule has 6 heterocycles. The maximum Gasteiger partial charge on any atom is 0.164 e. The van der Waals surface area contributed by atoms with Crippen LogP contribution in [0.2, 0.25) is 0 Å². The molecule has 0 atom stereocenters. The van der Waals surface area contributed by atoms with Gasteiger partial charge in [0.2, 0.25) is 0 Å². The van der Waals surface area contributed by atoms with Gasteiger partial charge in [0.1, 0.15) is 22.1 Å². The van der Waals surface area contributed by atoms with Crippen molar-refractivity contribution in [3.63, 3.8) is 0 Å². The molecule has 0 spiro atoms. The molecule has 13 nitrogen and oxygen atoms in total. The van der Waals surface area contributed by atoms with Crippen molar-refractivity contribution in [2.24, 2.45) is 0 Å². The minimum absolute atomic E-state index is 0.618. The molecule has 0 saturated heterocycles. The lowest BCUT2D eigenvalue weighted by molar-refractivity contribution is 0.316. The summed E-state index contributed by atoms with van der Waals surface area (Å²) in [4.78, 5) is 35.1. The molecule has 13 heteroatoms. The fourth-order valence-corrected chi connectivity index (χ4v) is 14.2. The highest BCUT2D eigenvalue weighted by molar-refractivity contribution is 6.25. The number of benzene rings is 14. The van der Waals surface area contributed by atoms with Crippen LogP contribution >= 0.6 is 0 Å². The van der Waals surface area contributed by atoms with Gasteiger partial charge in [0.05, 0.1) is 33.8 Å². The number of fused-ring (bicyclic) bond motifs is 10. The number of rotatable bonds is 12. The van der Waals surface area contributed by atoms with Gasteiger partial charge in [-0.1, -0.05) is 303 Å². The predicted molar refractivity (Wildman–Crippen MR) is 423 cm³/mol. The Morgan fingerprint density at radius 2 is 0.472 bits per heavy atom. The molecule has 0 N–H and O–H groups in total. The Bertz CT molecular complexity index is 6140. The van der Waals surface area contributed by atoms with Crippen LogP contribution in [0.4, 0.5) is 0 Å². The summed E-state index contributed by atoms with van der Waals surface area (Å²) in [5, 5.41) is 23.5. The lowest BCUT2D eigenvalue weighted by Crippen LogP contribution is -2.00. The van der Waals surface area contributed by atoms with E-state index in [2.05, 4.69) is 184 Å². The summed E-state index contributed by atoms with van der Waals surface area (Å²) in [6.45, 7) is 0. The van der Waals surface area contributed by atoms with Gasteiger partial charge < -0.3 is 0 Å². The van der Waals surface area contributed by atoms with E-state index in [0.717, 1.165) is 177 Å². The molecule has 496 valence electrons. The summed E-state index contributed by atoms with van der Waals surface area (Å²) in [5.41, 5.74) is 24.3. The van der Waals surface area contributed by atoms with Gasteiger partial charge in [0.15, 0.2) is 23.3 Å². The first kappa shape index (κ1) is 62.3. The van der Waals surface area contributed by atoms with Crippen molar-refractivity contribution in [2.75, 3.05) is 0 Å². The van der Waals surface area contributed by atoms with E-state index in [-0.39, 0.29) is 0 Å². The van der Waals surface area contributed by atoms with Crippen LogP contribution in [0.25, 0.3) is 201 Å². The number of aromatic nitrogens is 11. The van der Waals surface area contributed by atoms with Crippen molar-refractivity contribution in [3.8, 4) is 135 Å². The number of para-hydroxylation sites is 2. The van der Waals surface area contributed by atoms with E-state index in [1.807, 2.05) is 182 Å². The number of nitrogens with zero attached hydrogens (tertiary/aromatic N) is 11. The third kappa shape index (κ3) is 11.8. The second-order valence-electron chi connectivity index (χ2n) is 25.9. The van der Waals surface area contributed by atoms with Crippen LogP contribution in [-0.2, 0) is 0 Å². The summed E-state index contributed by atoms with van der Waals surface area (Å²) in [7, 11) is 0. The summed E-state index contributed by atoms with van der Waals surface area (Å²) in [5.74, 6) is 2.58. The highest BCUT2D eigenvalue weighted by Crippen LogP contribution is 2.44. The van der Waals surface area contributed by atoms with Gasteiger partial charge in [-0.15, -0.1) is 0 Å². The quantitative estimate of drug-likeness (QED) is 0.106. The van der Waals surface area contributed by atoms with Gasteiger partial charge in [0.25, 0.3) is 0 Å². The largest absolute Gasteiger partial charge is 0.247 e.